The zero-order chi connectivity index (χ0) is 14.7. The molecule has 0 bridgehead atoms. The summed E-state index contributed by atoms with van der Waals surface area (Å²) in [5, 5.41) is 2.76. The van der Waals surface area contributed by atoms with Crippen LogP contribution in [0.25, 0.3) is 0 Å². The molecular formula is C15H19FN2O2. The topological polar surface area (TPSA) is 49.4 Å². The van der Waals surface area contributed by atoms with Gasteiger partial charge in [-0.2, -0.15) is 0 Å². The van der Waals surface area contributed by atoms with Crippen LogP contribution in [0.5, 0.6) is 0 Å². The average molecular weight is 278 g/mol. The van der Waals surface area contributed by atoms with Crippen molar-refractivity contribution in [3.05, 3.63) is 35.6 Å². The summed E-state index contributed by atoms with van der Waals surface area (Å²) in [5.41, 5.74) is 0.640. The predicted molar refractivity (Wildman–Crippen MR) is 73.3 cm³/mol. The number of hydrogen-bond acceptors (Lipinski definition) is 2. The van der Waals surface area contributed by atoms with Crippen molar-refractivity contribution >= 4 is 11.8 Å². The van der Waals surface area contributed by atoms with Gasteiger partial charge in [-0.05, 0) is 23.6 Å². The molecule has 108 valence electrons. The maximum Gasteiger partial charge on any atom is 0.247 e. The van der Waals surface area contributed by atoms with Crippen molar-refractivity contribution in [2.75, 3.05) is 13.1 Å². The molecule has 2 amide bonds. The number of carbonyl (C=O) groups is 2. The Hall–Kier alpha value is -1.91. The summed E-state index contributed by atoms with van der Waals surface area (Å²) in [7, 11) is 0. The van der Waals surface area contributed by atoms with Crippen LogP contribution in [-0.4, -0.2) is 29.8 Å². The van der Waals surface area contributed by atoms with Crippen molar-refractivity contribution in [1.82, 2.24) is 10.2 Å². The van der Waals surface area contributed by atoms with E-state index in [9.17, 15) is 14.0 Å². The van der Waals surface area contributed by atoms with Gasteiger partial charge in [-0.25, -0.2) is 4.39 Å². The minimum atomic E-state index is -0.657. The van der Waals surface area contributed by atoms with E-state index in [4.69, 9.17) is 0 Å². The van der Waals surface area contributed by atoms with E-state index in [-0.39, 0.29) is 23.5 Å². The Kier molecular flexibility index (Phi) is 4.37. The van der Waals surface area contributed by atoms with Gasteiger partial charge in [0.25, 0.3) is 0 Å². The molecule has 20 heavy (non-hydrogen) atoms. The molecule has 1 atom stereocenters. The van der Waals surface area contributed by atoms with Gasteiger partial charge in [0.1, 0.15) is 11.9 Å². The highest BCUT2D eigenvalue weighted by atomic mass is 19.1. The molecule has 0 spiro atoms. The van der Waals surface area contributed by atoms with Crippen molar-refractivity contribution in [2.45, 2.75) is 26.3 Å². The summed E-state index contributed by atoms with van der Waals surface area (Å²) in [6, 6.07) is 5.07. The van der Waals surface area contributed by atoms with Gasteiger partial charge in [0.05, 0.1) is 0 Å². The maximum absolute atomic E-state index is 13.0. The second kappa shape index (κ2) is 6.03. The fourth-order valence-electron chi connectivity index (χ4n) is 2.38. The molecule has 0 saturated carbocycles. The fourth-order valence-corrected chi connectivity index (χ4v) is 2.38. The number of nitrogens with zero attached hydrogens (tertiary/aromatic N) is 1. The van der Waals surface area contributed by atoms with Crippen molar-refractivity contribution < 1.29 is 14.0 Å². The molecule has 1 N–H and O–H groups in total. The van der Waals surface area contributed by atoms with Crippen LogP contribution in [0.15, 0.2) is 24.3 Å². The molecule has 2 rings (SSSR count). The Morgan fingerprint density at radius 1 is 1.40 bits per heavy atom. The third-order valence-corrected chi connectivity index (χ3v) is 3.30. The summed E-state index contributed by atoms with van der Waals surface area (Å²) >= 11 is 0. The lowest BCUT2D eigenvalue weighted by molar-refractivity contribution is -0.144. The quantitative estimate of drug-likeness (QED) is 0.917. The highest BCUT2D eigenvalue weighted by molar-refractivity contribution is 5.89. The number of amides is 2. The number of nitrogens with one attached hydrogen (secondary N) is 1. The second-order valence-electron chi connectivity index (χ2n) is 5.43. The standard InChI is InChI=1S/C15H19FN2O2/c1-10(2)9-13(19)18-8-7-17-15(20)14(18)11-3-5-12(16)6-4-11/h3-6,10,14H,7-9H2,1-2H3,(H,17,20). The lowest BCUT2D eigenvalue weighted by Crippen LogP contribution is -2.52. The largest absolute Gasteiger partial charge is 0.352 e. The Bertz CT molecular complexity index is 499. The van der Waals surface area contributed by atoms with E-state index in [0.29, 0.717) is 25.1 Å². The van der Waals surface area contributed by atoms with Crippen LogP contribution in [0.2, 0.25) is 0 Å². The molecule has 1 unspecified atom stereocenters. The van der Waals surface area contributed by atoms with Crippen LogP contribution in [0, 0.1) is 11.7 Å². The average Bonchev–Trinajstić information content (AvgIpc) is 2.39. The van der Waals surface area contributed by atoms with Crippen LogP contribution in [0.3, 0.4) is 0 Å². The Morgan fingerprint density at radius 2 is 2.05 bits per heavy atom. The minimum absolute atomic E-state index is 0.0378. The third-order valence-electron chi connectivity index (χ3n) is 3.30. The number of halogens is 1. The first kappa shape index (κ1) is 14.5. The SMILES string of the molecule is CC(C)CC(=O)N1CCNC(=O)C1c1ccc(F)cc1. The first-order valence-corrected chi connectivity index (χ1v) is 6.81. The van der Waals surface area contributed by atoms with Gasteiger partial charge in [-0.1, -0.05) is 26.0 Å². The molecule has 4 nitrogen and oxygen atoms in total. The number of piperazine rings is 1. The smallest absolute Gasteiger partial charge is 0.247 e. The van der Waals surface area contributed by atoms with Gasteiger partial charge in [-0.15, -0.1) is 0 Å². The van der Waals surface area contributed by atoms with Gasteiger partial charge in [-0.3, -0.25) is 9.59 Å². The molecule has 1 aromatic carbocycles. The van der Waals surface area contributed by atoms with Gasteiger partial charge in [0.2, 0.25) is 11.8 Å². The van der Waals surface area contributed by atoms with Gasteiger partial charge in [0.15, 0.2) is 0 Å². The first-order valence-electron chi connectivity index (χ1n) is 6.81. The van der Waals surface area contributed by atoms with Crippen molar-refractivity contribution in [1.29, 1.82) is 0 Å². The molecule has 1 aliphatic rings. The number of rotatable bonds is 3. The maximum atomic E-state index is 13.0. The molecule has 0 aliphatic carbocycles. The van der Waals surface area contributed by atoms with E-state index in [1.165, 1.54) is 12.1 Å². The highest BCUT2D eigenvalue weighted by Crippen LogP contribution is 2.25. The summed E-state index contributed by atoms with van der Waals surface area (Å²) in [4.78, 5) is 25.9. The van der Waals surface area contributed by atoms with Crippen LogP contribution < -0.4 is 5.32 Å². The molecule has 0 radical (unpaired) electrons. The molecule has 0 aromatic heterocycles. The van der Waals surface area contributed by atoms with Crippen LogP contribution >= 0.6 is 0 Å². The molecule has 1 saturated heterocycles. The number of hydrogen-bond donors (Lipinski definition) is 1. The second-order valence-corrected chi connectivity index (χ2v) is 5.43. The molecule has 1 fully saturated rings. The predicted octanol–water partition coefficient (Wildman–Crippen LogP) is 1.87. The summed E-state index contributed by atoms with van der Waals surface area (Å²) in [5.74, 6) is -0.365. The zero-order valence-electron chi connectivity index (χ0n) is 11.7. The van der Waals surface area contributed by atoms with Gasteiger partial charge < -0.3 is 10.2 Å². The third kappa shape index (κ3) is 3.15. The first-order chi connectivity index (χ1) is 9.49. The highest BCUT2D eigenvalue weighted by Gasteiger charge is 2.34. The normalized spacial score (nSPS) is 19.1. The van der Waals surface area contributed by atoms with Gasteiger partial charge >= 0.3 is 0 Å². The number of benzene rings is 1. The van der Waals surface area contributed by atoms with E-state index in [2.05, 4.69) is 5.32 Å². The van der Waals surface area contributed by atoms with Crippen molar-refractivity contribution in [2.24, 2.45) is 5.92 Å². The number of carbonyl (C=O) groups excluding carboxylic acids is 2. The summed E-state index contributed by atoms with van der Waals surface area (Å²) in [6.07, 6.45) is 0.408. The Labute approximate surface area is 118 Å². The lowest BCUT2D eigenvalue weighted by atomic mass is 10.0. The Balaban J connectivity index is 2.26. The molecule has 1 heterocycles. The van der Waals surface area contributed by atoms with Gasteiger partial charge in [0, 0.05) is 19.5 Å². The van der Waals surface area contributed by atoms with Crippen LogP contribution in [0.4, 0.5) is 4.39 Å². The Morgan fingerprint density at radius 3 is 2.65 bits per heavy atom. The molecule has 1 aromatic rings. The van der Waals surface area contributed by atoms with E-state index < -0.39 is 6.04 Å². The zero-order valence-corrected chi connectivity index (χ0v) is 11.7. The summed E-state index contributed by atoms with van der Waals surface area (Å²) in [6.45, 7) is 4.88. The van der Waals surface area contributed by atoms with E-state index >= 15 is 0 Å². The molecule has 1 aliphatic heterocycles. The van der Waals surface area contributed by atoms with Crippen molar-refractivity contribution in [3.63, 3.8) is 0 Å². The van der Waals surface area contributed by atoms with Crippen LogP contribution in [0.1, 0.15) is 31.9 Å². The van der Waals surface area contributed by atoms with E-state index in [0.717, 1.165) is 0 Å². The van der Waals surface area contributed by atoms with Crippen LogP contribution in [-0.2, 0) is 9.59 Å². The monoisotopic (exact) mass is 278 g/mol. The molecular weight excluding hydrogens is 259 g/mol. The van der Waals surface area contributed by atoms with Crippen molar-refractivity contribution in [3.8, 4) is 0 Å². The fraction of sp³-hybridized carbons (Fsp3) is 0.467. The minimum Gasteiger partial charge on any atom is -0.352 e. The molecule has 5 heteroatoms. The lowest BCUT2D eigenvalue weighted by Gasteiger charge is -2.35. The van der Waals surface area contributed by atoms with E-state index in [1.807, 2.05) is 13.8 Å². The van der Waals surface area contributed by atoms with E-state index in [1.54, 1.807) is 17.0 Å². The summed E-state index contributed by atoms with van der Waals surface area (Å²) < 4.78 is 13.0.